The molecular weight excluding hydrogens is 346 g/mol. The zero-order valence-corrected chi connectivity index (χ0v) is 15.6. The van der Waals surface area contributed by atoms with Crippen LogP contribution < -0.4 is 10.0 Å². The SMILES string of the molecule is Cc1cnc(NC(=O)CCCNS(=O)(=O)c2ccc(C)c(C)c2)s1. The van der Waals surface area contributed by atoms with Gasteiger partial charge in [-0.05, 0) is 50.5 Å². The Bertz CT molecular complexity index is 829. The van der Waals surface area contributed by atoms with E-state index in [2.05, 4.69) is 15.0 Å². The molecule has 1 aromatic carbocycles. The van der Waals surface area contributed by atoms with Crippen LogP contribution in [0.25, 0.3) is 0 Å². The van der Waals surface area contributed by atoms with Crippen molar-refractivity contribution < 1.29 is 13.2 Å². The molecule has 1 aromatic heterocycles. The summed E-state index contributed by atoms with van der Waals surface area (Å²) in [4.78, 5) is 17.1. The van der Waals surface area contributed by atoms with Crippen LogP contribution in [-0.4, -0.2) is 25.9 Å². The predicted molar refractivity (Wildman–Crippen MR) is 95.8 cm³/mol. The maximum absolute atomic E-state index is 12.2. The molecule has 0 radical (unpaired) electrons. The fourth-order valence-corrected chi connectivity index (χ4v) is 3.85. The van der Waals surface area contributed by atoms with E-state index in [9.17, 15) is 13.2 Å². The lowest BCUT2D eigenvalue weighted by molar-refractivity contribution is -0.116. The third-order valence-corrected chi connectivity index (χ3v) is 5.82. The van der Waals surface area contributed by atoms with E-state index in [1.54, 1.807) is 24.4 Å². The normalized spacial score (nSPS) is 11.5. The van der Waals surface area contributed by atoms with Gasteiger partial charge in [0.25, 0.3) is 0 Å². The number of benzene rings is 1. The highest BCUT2D eigenvalue weighted by atomic mass is 32.2. The number of carbonyl (C=O) groups is 1. The van der Waals surface area contributed by atoms with Gasteiger partial charge in [-0.3, -0.25) is 4.79 Å². The number of aryl methyl sites for hydroxylation is 3. The van der Waals surface area contributed by atoms with E-state index >= 15 is 0 Å². The molecule has 0 spiro atoms. The molecule has 0 saturated carbocycles. The van der Waals surface area contributed by atoms with Crippen LogP contribution in [0.5, 0.6) is 0 Å². The average Bonchev–Trinajstić information content (AvgIpc) is 2.91. The fourth-order valence-electron chi connectivity index (χ4n) is 2.01. The molecule has 1 amide bonds. The second-order valence-electron chi connectivity index (χ2n) is 5.57. The maximum atomic E-state index is 12.2. The molecule has 0 unspecified atom stereocenters. The van der Waals surface area contributed by atoms with Crippen molar-refractivity contribution in [3.63, 3.8) is 0 Å². The first-order valence-corrected chi connectivity index (χ1v) is 9.87. The number of nitrogens with zero attached hydrogens (tertiary/aromatic N) is 1. The minimum absolute atomic E-state index is 0.172. The van der Waals surface area contributed by atoms with Crippen LogP contribution in [0.15, 0.2) is 29.3 Å². The summed E-state index contributed by atoms with van der Waals surface area (Å²) in [6.07, 6.45) is 2.34. The van der Waals surface area contributed by atoms with Crippen molar-refractivity contribution in [1.29, 1.82) is 0 Å². The molecule has 0 aliphatic carbocycles. The Morgan fingerprint density at radius 3 is 2.58 bits per heavy atom. The summed E-state index contributed by atoms with van der Waals surface area (Å²) in [5.74, 6) is -0.172. The van der Waals surface area contributed by atoms with Crippen molar-refractivity contribution in [1.82, 2.24) is 9.71 Å². The van der Waals surface area contributed by atoms with Gasteiger partial charge >= 0.3 is 0 Å². The van der Waals surface area contributed by atoms with Crippen molar-refractivity contribution in [3.8, 4) is 0 Å². The molecular formula is C16H21N3O3S2. The van der Waals surface area contributed by atoms with Gasteiger partial charge < -0.3 is 5.32 Å². The van der Waals surface area contributed by atoms with Crippen LogP contribution >= 0.6 is 11.3 Å². The Labute approximate surface area is 146 Å². The van der Waals surface area contributed by atoms with Crippen molar-refractivity contribution >= 4 is 32.4 Å². The molecule has 6 nitrogen and oxygen atoms in total. The molecule has 1 heterocycles. The Morgan fingerprint density at radius 2 is 1.96 bits per heavy atom. The first kappa shape index (κ1) is 18.6. The monoisotopic (exact) mass is 367 g/mol. The lowest BCUT2D eigenvalue weighted by Gasteiger charge is -2.08. The third-order valence-electron chi connectivity index (χ3n) is 3.53. The summed E-state index contributed by atoms with van der Waals surface area (Å²) in [5.41, 5.74) is 1.97. The number of rotatable bonds is 7. The van der Waals surface area contributed by atoms with Gasteiger partial charge in [0.05, 0.1) is 4.90 Å². The Hall–Kier alpha value is -1.77. The van der Waals surface area contributed by atoms with Crippen LogP contribution in [0.1, 0.15) is 28.8 Å². The molecule has 130 valence electrons. The van der Waals surface area contributed by atoms with E-state index in [1.165, 1.54) is 11.3 Å². The maximum Gasteiger partial charge on any atom is 0.240 e. The van der Waals surface area contributed by atoms with E-state index in [-0.39, 0.29) is 23.8 Å². The number of hydrogen-bond acceptors (Lipinski definition) is 5. The molecule has 24 heavy (non-hydrogen) atoms. The Kier molecular flexibility index (Phi) is 6.09. The van der Waals surface area contributed by atoms with Gasteiger partial charge in [0.1, 0.15) is 0 Å². The predicted octanol–water partition coefficient (Wildman–Crippen LogP) is 2.77. The van der Waals surface area contributed by atoms with Crippen LogP contribution in [0.4, 0.5) is 5.13 Å². The van der Waals surface area contributed by atoms with Crippen LogP contribution in [0.3, 0.4) is 0 Å². The molecule has 0 aliphatic heterocycles. The highest BCUT2D eigenvalue weighted by Gasteiger charge is 2.14. The number of sulfonamides is 1. The topological polar surface area (TPSA) is 88.2 Å². The highest BCUT2D eigenvalue weighted by molar-refractivity contribution is 7.89. The fraction of sp³-hybridized carbons (Fsp3) is 0.375. The average molecular weight is 367 g/mol. The summed E-state index contributed by atoms with van der Waals surface area (Å²) in [7, 11) is -3.55. The molecule has 2 rings (SSSR count). The molecule has 2 aromatic rings. The van der Waals surface area contributed by atoms with E-state index in [0.717, 1.165) is 16.0 Å². The second-order valence-corrected chi connectivity index (χ2v) is 8.57. The molecule has 0 bridgehead atoms. The lowest BCUT2D eigenvalue weighted by atomic mass is 10.1. The molecule has 8 heteroatoms. The van der Waals surface area contributed by atoms with E-state index in [1.807, 2.05) is 20.8 Å². The number of thiazole rings is 1. The molecule has 0 saturated heterocycles. The van der Waals surface area contributed by atoms with Crippen molar-refractivity contribution in [2.75, 3.05) is 11.9 Å². The number of hydrogen-bond donors (Lipinski definition) is 2. The molecule has 2 N–H and O–H groups in total. The van der Waals surface area contributed by atoms with Crippen LogP contribution in [0.2, 0.25) is 0 Å². The van der Waals surface area contributed by atoms with Crippen molar-refractivity contribution in [2.45, 2.75) is 38.5 Å². The Balaban J connectivity index is 1.80. The van der Waals surface area contributed by atoms with Gasteiger partial charge in [-0.2, -0.15) is 0 Å². The third kappa shape index (κ3) is 5.12. The van der Waals surface area contributed by atoms with Gasteiger partial charge in [0, 0.05) is 24.0 Å². The largest absolute Gasteiger partial charge is 0.302 e. The quantitative estimate of drug-likeness (QED) is 0.737. The number of amides is 1. The first-order valence-electron chi connectivity index (χ1n) is 7.57. The van der Waals surface area contributed by atoms with E-state index in [0.29, 0.717) is 11.6 Å². The summed E-state index contributed by atoms with van der Waals surface area (Å²) >= 11 is 1.40. The minimum atomic E-state index is -3.55. The smallest absolute Gasteiger partial charge is 0.240 e. The standard InChI is InChI=1S/C16H21N3O3S2/c1-11-6-7-14(9-12(11)2)24(21,22)18-8-4-5-15(20)19-16-17-10-13(3)23-16/h6-7,9-10,18H,4-5,8H2,1-3H3,(H,17,19,20). The van der Waals surface area contributed by atoms with Crippen LogP contribution in [-0.2, 0) is 14.8 Å². The number of nitrogens with one attached hydrogen (secondary N) is 2. The second kappa shape index (κ2) is 7.87. The molecule has 0 aliphatic rings. The number of carbonyl (C=O) groups excluding carboxylic acids is 1. The van der Waals surface area contributed by atoms with E-state index < -0.39 is 10.0 Å². The molecule has 0 atom stereocenters. The molecule has 0 fully saturated rings. The number of aromatic nitrogens is 1. The van der Waals surface area contributed by atoms with Gasteiger partial charge in [0.2, 0.25) is 15.9 Å². The Morgan fingerprint density at radius 1 is 1.21 bits per heavy atom. The van der Waals surface area contributed by atoms with Gasteiger partial charge in [-0.15, -0.1) is 11.3 Å². The van der Waals surface area contributed by atoms with Gasteiger partial charge in [-0.25, -0.2) is 18.1 Å². The van der Waals surface area contributed by atoms with Crippen LogP contribution in [0, 0.1) is 20.8 Å². The summed E-state index contributed by atoms with van der Waals surface area (Å²) < 4.78 is 27.0. The zero-order chi connectivity index (χ0) is 17.7. The van der Waals surface area contributed by atoms with Gasteiger partial charge in [-0.1, -0.05) is 6.07 Å². The van der Waals surface area contributed by atoms with E-state index in [4.69, 9.17) is 0 Å². The van der Waals surface area contributed by atoms with Gasteiger partial charge in [0.15, 0.2) is 5.13 Å². The summed E-state index contributed by atoms with van der Waals surface area (Å²) in [6, 6.07) is 5.02. The lowest BCUT2D eigenvalue weighted by Crippen LogP contribution is -2.26. The summed E-state index contributed by atoms with van der Waals surface area (Å²) in [6.45, 7) is 5.93. The van der Waals surface area contributed by atoms with Crippen molar-refractivity contribution in [3.05, 3.63) is 40.4 Å². The number of anilines is 1. The minimum Gasteiger partial charge on any atom is -0.302 e. The van der Waals surface area contributed by atoms with Crippen molar-refractivity contribution in [2.24, 2.45) is 0 Å². The zero-order valence-electron chi connectivity index (χ0n) is 13.9. The first-order chi connectivity index (χ1) is 11.3. The highest BCUT2D eigenvalue weighted by Crippen LogP contribution is 2.17. The summed E-state index contributed by atoms with van der Waals surface area (Å²) in [5, 5.41) is 3.26.